The Kier molecular flexibility index (Phi) is 7.28. The van der Waals surface area contributed by atoms with Gasteiger partial charge in [-0.1, -0.05) is 36.4 Å². The van der Waals surface area contributed by atoms with Crippen LogP contribution < -0.4 is 15.6 Å². The molecule has 0 spiro atoms. The van der Waals surface area contributed by atoms with E-state index < -0.39 is 6.04 Å². The van der Waals surface area contributed by atoms with Crippen molar-refractivity contribution in [3.8, 4) is 11.4 Å². The van der Waals surface area contributed by atoms with Crippen LogP contribution in [0.1, 0.15) is 24.6 Å². The van der Waals surface area contributed by atoms with Gasteiger partial charge in [0.2, 0.25) is 0 Å². The maximum absolute atomic E-state index is 13.9. The standard InChI is InChI=1S/C29H25BrN4O4/c1-19(33(18-20-10-9-17-38-20)29(36)32-24-14-6-4-12-22(24)30)27-31-23-13-5-3-11-21(23)28(35)34(27)25-15-7-8-16-26(25)37-2/h3-17,19H,18H2,1-2H3,(H,32,36). The lowest BCUT2D eigenvalue weighted by Gasteiger charge is -2.30. The predicted octanol–water partition coefficient (Wildman–Crippen LogP) is 6.55. The summed E-state index contributed by atoms with van der Waals surface area (Å²) >= 11 is 3.49. The Morgan fingerprint density at radius 2 is 1.79 bits per heavy atom. The average molecular weight is 573 g/mol. The lowest BCUT2D eigenvalue weighted by molar-refractivity contribution is 0.179. The molecular formula is C29H25BrN4O4. The van der Waals surface area contributed by atoms with Crippen LogP contribution in [0.5, 0.6) is 5.75 Å². The minimum absolute atomic E-state index is 0.152. The number of halogens is 1. The maximum Gasteiger partial charge on any atom is 0.322 e. The van der Waals surface area contributed by atoms with Crippen LogP contribution >= 0.6 is 15.9 Å². The SMILES string of the molecule is COc1ccccc1-n1c(C(C)N(Cc2ccco2)C(=O)Nc2ccccc2Br)nc2ccccc2c1=O. The molecule has 0 aliphatic rings. The molecule has 38 heavy (non-hydrogen) atoms. The number of methoxy groups -OCH3 is 1. The number of amides is 2. The fourth-order valence-corrected chi connectivity index (χ4v) is 4.71. The van der Waals surface area contributed by atoms with Crippen molar-refractivity contribution in [2.75, 3.05) is 12.4 Å². The Balaban J connectivity index is 1.67. The molecule has 5 aromatic rings. The first kappa shape index (κ1) is 25.3. The lowest BCUT2D eigenvalue weighted by Crippen LogP contribution is -2.39. The molecule has 0 fully saturated rings. The number of anilines is 1. The lowest BCUT2D eigenvalue weighted by atomic mass is 10.1. The third-order valence-corrected chi connectivity index (χ3v) is 6.94. The number of furan rings is 1. The molecule has 1 unspecified atom stereocenters. The quantitative estimate of drug-likeness (QED) is 0.239. The number of rotatable bonds is 7. The molecule has 2 aromatic heterocycles. The zero-order valence-electron chi connectivity index (χ0n) is 20.8. The van der Waals surface area contributed by atoms with Gasteiger partial charge in [0.25, 0.3) is 5.56 Å². The van der Waals surface area contributed by atoms with Crippen molar-refractivity contribution in [2.45, 2.75) is 19.5 Å². The van der Waals surface area contributed by atoms with Gasteiger partial charge in [-0.2, -0.15) is 0 Å². The Morgan fingerprint density at radius 3 is 2.55 bits per heavy atom. The second-order valence-electron chi connectivity index (χ2n) is 8.59. The Morgan fingerprint density at radius 1 is 1.05 bits per heavy atom. The first-order valence-corrected chi connectivity index (χ1v) is 12.8. The number of aromatic nitrogens is 2. The third kappa shape index (κ3) is 4.92. The molecule has 0 aliphatic heterocycles. The number of carbonyl (C=O) groups is 1. The van der Waals surface area contributed by atoms with Crippen LogP contribution in [0.2, 0.25) is 0 Å². The van der Waals surface area contributed by atoms with Crippen LogP contribution in [-0.2, 0) is 6.54 Å². The van der Waals surface area contributed by atoms with Crippen molar-refractivity contribution in [3.05, 3.63) is 118 Å². The highest BCUT2D eigenvalue weighted by Gasteiger charge is 2.29. The minimum Gasteiger partial charge on any atom is -0.495 e. The van der Waals surface area contributed by atoms with E-state index in [0.29, 0.717) is 39.6 Å². The molecule has 5 rings (SSSR count). The number of carbonyl (C=O) groups excluding carboxylic acids is 1. The van der Waals surface area contributed by atoms with E-state index in [-0.39, 0.29) is 18.1 Å². The first-order chi connectivity index (χ1) is 18.5. The maximum atomic E-state index is 13.9. The van der Waals surface area contributed by atoms with Gasteiger partial charge in [-0.25, -0.2) is 9.78 Å². The van der Waals surface area contributed by atoms with Gasteiger partial charge in [0.05, 0.1) is 48.2 Å². The van der Waals surface area contributed by atoms with E-state index in [1.165, 1.54) is 4.57 Å². The molecule has 0 radical (unpaired) electrons. The van der Waals surface area contributed by atoms with Gasteiger partial charge < -0.3 is 19.4 Å². The van der Waals surface area contributed by atoms with Crippen LogP contribution in [-0.4, -0.2) is 27.6 Å². The zero-order chi connectivity index (χ0) is 26.6. The number of benzene rings is 3. The monoisotopic (exact) mass is 572 g/mol. The van der Waals surface area contributed by atoms with Crippen molar-refractivity contribution < 1.29 is 13.9 Å². The Labute approximate surface area is 227 Å². The fourth-order valence-electron chi connectivity index (χ4n) is 4.32. The molecule has 0 aliphatic carbocycles. The summed E-state index contributed by atoms with van der Waals surface area (Å²) in [5, 5.41) is 3.43. The van der Waals surface area contributed by atoms with E-state index in [9.17, 15) is 9.59 Å². The van der Waals surface area contributed by atoms with Gasteiger partial charge in [0.15, 0.2) is 0 Å². The van der Waals surface area contributed by atoms with Gasteiger partial charge in [-0.3, -0.25) is 9.36 Å². The molecule has 1 N–H and O–H groups in total. The molecule has 192 valence electrons. The van der Waals surface area contributed by atoms with Crippen LogP contribution in [0.4, 0.5) is 10.5 Å². The summed E-state index contributed by atoms with van der Waals surface area (Å²) < 4.78 is 13.4. The number of nitrogens with zero attached hydrogens (tertiary/aromatic N) is 3. The van der Waals surface area contributed by atoms with Gasteiger partial charge in [-0.15, -0.1) is 0 Å². The highest BCUT2D eigenvalue weighted by molar-refractivity contribution is 9.10. The van der Waals surface area contributed by atoms with Crippen LogP contribution in [0.3, 0.4) is 0 Å². The fraction of sp³-hybridized carbons (Fsp3) is 0.138. The molecule has 3 aromatic carbocycles. The van der Waals surface area contributed by atoms with Crippen LogP contribution in [0.15, 0.2) is 105 Å². The van der Waals surface area contributed by atoms with Gasteiger partial charge >= 0.3 is 6.03 Å². The number of para-hydroxylation sites is 4. The summed E-state index contributed by atoms with van der Waals surface area (Å²) in [5.74, 6) is 1.48. The van der Waals surface area contributed by atoms with Crippen LogP contribution in [0.25, 0.3) is 16.6 Å². The smallest absolute Gasteiger partial charge is 0.322 e. The molecule has 9 heteroatoms. The third-order valence-electron chi connectivity index (χ3n) is 6.25. The molecule has 2 amide bonds. The number of hydrogen-bond donors (Lipinski definition) is 1. The zero-order valence-corrected chi connectivity index (χ0v) is 22.4. The highest BCUT2D eigenvalue weighted by Crippen LogP contribution is 2.30. The number of ether oxygens (including phenoxy) is 1. The van der Waals surface area contributed by atoms with Gasteiger partial charge in [-0.05, 0) is 71.4 Å². The topological polar surface area (TPSA) is 89.6 Å². The summed E-state index contributed by atoms with van der Waals surface area (Å²) in [5.41, 5.74) is 1.42. The molecule has 0 saturated carbocycles. The Hall–Kier alpha value is -4.37. The van der Waals surface area contributed by atoms with E-state index >= 15 is 0 Å². The normalized spacial score (nSPS) is 11.8. The van der Waals surface area contributed by atoms with E-state index in [0.717, 1.165) is 4.47 Å². The number of fused-ring (bicyclic) bond motifs is 1. The van der Waals surface area contributed by atoms with Crippen molar-refractivity contribution in [2.24, 2.45) is 0 Å². The van der Waals surface area contributed by atoms with Crippen molar-refractivity contribution >= 4 is 38.6 Å². The van der Waals surface area contributed by atoms with E-state index in [4.69, 9.17) is 14.1 Å². The summed E-state index contributed by atoms with van der Waals surface area (Å²) in [6.45, 7) is 1.99. The second-order valence-corrected chi connectivity index (χ2v) is 9.45. The summed E-state index contributed by atoms with van der Waals surface area (Å²) in [4.78, 5) is 34.1. The van der Waals surface area contributed by atoms with Crippen molar-refractivity contribution in [1.82, 2.24) is 14.5 Å². The molecule has 0 bridgehead atoms. The van der Waals surface area contributed by atoms with Gasteiger partial charge in [0, 0.05) is 4.47 Å². The molecule has 2 heterocycles. The second kappa shape index (κ2) is 10.9. The Bertz CT molecular complexity index is 1650. The average Bonchev–Trinajstić information content (AvgIpc) is 3.46. The largest absolute Gasteiger partial charge is 0.495 e. The summed E-state index contributed by atoms with van der Waals surface area (Å²) in [6, 6.07) is 24.3. The number of urea groups is 1. The number of hydrogen-bond acceptors (Lipinski definition) is 5. The van der Waals surface area contributed by atoms with Crippen molar-refractivity contribution in [3.63, 3.8) is 0 Å². The van der Waals surface area contributed by atoms with Crippen LogP contribution in [0, 0.1) is 0 Å². The molecule has 0 saturated heterocycles. The highest BCUT2D eigenvalue weighted by atomic mass is 79.9. The molecule has 1 atom stereocenters. The molecule has 8 nitrogen and oxygen atoms in total. The van der Waals surface area contributed by atoms with Crippen molar-refractivity contribution in [1.29, 1.82) is 0 Å². The minimum atomic E-state index is -0.648. The summed E-state index contributed by atoms with van der Waals surface area (Å²) in [7, 11) is 1.55. The van der Waals surface area contributed by atoms with Gasteiger partial charge in [0.1, 0.15) is 17.3 Å². The first-order valence-electron chi connectivity index (χ1n) is 12.0. The molecular weight excluding hydrogens is 548 g/mol. The summed E-state index contributed by atoms with van der Waals surface area (Å²) in [6.07, 6.45) is 1.56. The van der Waals surface area contributed by atoms with E-state index in [1.807, 2.05) is 43.3 Å². The number of nitrogens with one attached hydrogen (secondary N) is 1. The van der Waals surface area contributed by atoms with E-state index in [2.05, 4.69) is 21.2 Å². The predicted molar refractivity (Wildman–Crippen MR) is 150 cm³/mol. The van der Waals surface area contributed by atoms with E-state index in [1.54, 1.807) is 66.8 Å².